The van der Waals surface area contributed by atoms with Crippen LogP contribution in [0.4, 0.5) is 4.79 Å². The van der Waals surface area contributed by atoms with Gasteiger partial charge in [-0.15, -0.1) is 24.0 Å². The number of nitrogens with one attached hydrogen (secondary N) is 2. The van der Waals surface area contributed by atoms with Crippen molar-refractivity contribution in [3.05, 3.63) is 29.3 Å². The van der Waals surface area contributed by atoms with E-state index in [0.29, 0.717) is 37.0 Å². The number of para-hydroxylation sites is 1. The lowest BCUT2D eigenvalue weighted by Gasteiger charge is -2.32. The molecule has 2 rings (SSSR count). The molecule has 7 nitrogen and oxygen atoms in total. The van der Waals surface area contributed by atoms with Crippen molar-refractivity contribution in [1.82, 2.24) is 15.5 Å². The lowest BCUT2D eigenvalue weighted by molar-refractivity contribution is 0.0963. The fourth-order valence-electron chi connectivity index (χ4n) is 2.95. The van der Waals surface area contributed by atoms with E-state index in [1.165, 1.54) is 0 Å². The largest absolute Gasteiger partial charge is 0.487 e. The van der Waals surface area contributed by atoms with E-state index in [4.69, 9.17) is 21.1 Å². The van der Waals surface area contributed by atoms with Crippen molar-refractivity contribution in [2.45, 2.75) is 45.8 Å². The number of ether oxygens (including phenoxy) is 2. The number of rotatable bonds is 7. The van der Waals surface area contributed by atoms with Crippen LogP contribution in [0.5, 0.6) is 5.75 Å². The molecule has 0 bridgehead atoms. The predicted molar refractivity (Wildman–Crippen MR) is 128 cm³/mol. The Morgan fingerprint density at radius 2 is 2.00 bits per heavy atom. The molecule has 2 N–H and O–H groups in total. The highest BCUT2D eigenvalue weighted by molar-refractivity contribution is 14.0. The van der Waals surface area contributed by atoms with Crippen LogP contribution in [-0.4, -0.2) is 61.9 Å². The molecule has 9 heteroatoms. The number of halogens is 2. The maximum atomic E-state index is 11.8. The molecule has 1 aliphatic heterocycles. The average molecular weight is 539 g/mol. The van der Waals surface area contributed by atoms with Gasteiger partial charge in [0.1, 0.15) is 11.9 Å². The van der Waals surface area contributed by atoms with Gasteiger partial charge in [0.2, 0.25) is 0 Å². The summed E-state index contributed by atoms with van der Waals surface area (Å²) in [6, 6.07) is 7.69. The molecule has 1 saturated heterocycles. The van der Waals surface area contributed by atoms with Gasteiger partial charge in [0.25, 0.3) is 0 Å². The Bertz CT molecular complexity index is 654. The second kappa shape index (κ2) is 13.7. The van der Waals surface area contributed by atoms with Gasteiger partial charge in [0.15, 0.2) is 5.96 Å². The highest BCUT2D eigenvalue weighted by Gasteiger charge is 2.24. The number of hydrogen-bond donors (Lipinski definition) is 2. The number of aliphatic imine (C=N–C) groups is 1. The number of amides is 1. The van der Waals surface area contributed by atoms with Crippen molar-refractivity contribution in [1.29, 1.82) is 0 Å². The fraction of sp³-hybridized carbons (Fsp3) is 0.600. The van der Waals surface area contributed by atoms with Gasteiger partial charge in [-0.1, -0.05) is 23.7 Å². The summed E-state index contributed by atoms with van der Waals surface area (Å²) in [7, 11) is 0. The molecule has 0 spiro atoms. The number of piperidine rings is 1. The van der Waals surface area contributed by atoms with Crippen LogP contribution in [0.2, 0.25) is 5.02 Å². The normalized spacial score (nSPS) is 15.9. The van der Waals surface area contributed by atoms with Crippen LogP contribution in [0.1, 0.15) is 33.6 Å². The van der Waals surface area contributed by atoms with Crippen LogP contribution in [0.15, 0.2) is 29.3 Å². The van der Waals surface area contributed by atoms with Crippen LogP contribution in [0.3, 0.4) is 0 Å². The maximum absolute atomic E-state index is 11.8. The predicted octanol–water partition coefficient (Wildman–Crippen LogP) is 3.90. The maximum Gasteiger partial charge on any atom is 0.409 e. The second-order valence-corrected chi connectivity index (χ2v) is 7.09. The van der Waals surface area contributed by atoms with Crippen LogP contribution >= 0.6 is 35.6 Å². The SMILES string of the molecule is CCNC(=NCC(C)Oc1ccccc1Cl)NC1CCN(C(=O)OCC)CC1.I. The molecule has 0 radical (unpaired) electrons. The molecule has 0 aromatic heterocycles. The third kappa shape index (κ3) is 8.86. The first-order valence-corrected chi connectivity index (χ1v) is 10.3. The molecular formula is C20H32ClIN4O3. The molecule has 1 heterocycles. The average Bonchev–Trinajstić information content (AvgIpc) is 2.69. The summed E-state index contributed by atoms with van der Waals surface area (Å²) in [5, 5.41) is 7.32. The van der Waals surface area contributed by atoms with E-state index in [-0.39, 0.29) is 42.2 Å². The van der Waals surface area contributed by atoms with E-state index < -0.39 is 0 Å². The zero-order valence-electron chi connectivity index (χ0n) is 17.3. The molecule has 1 amide bonds. The summed E-state index contributed by atoms with van der Waals surface area (Å²) in [6.45, 7) is 8.86. The van der Waals surface area contributed by atoms with E-state index in [2.05, 4.69) is 15.6 Å². The Balaban J connectivity index is 0.00000420. The Morgan fingerprint density at radius 3 is 2.62 bits per heavy atom. The summed E-state index contributed by atoms with van der Waals surface area (Å²) in [5.41, 5.74) is 0. The number of benzene rings is 1. The van der Waals surface area contributed by atoms with Gasteiger partial charge in [-0.25, -0.2) is 9.79 Å². The molecule has 0 saturated carbocycles. The van der Waals surface area contributed by atoms with Gasteiger partial charge in [0, 0.05) is 25.7 Å². The molecule has 29 heavy (non-hydrogen) atoms. The number of carbonyl (C=O) groups excluding carboxylic acids is 1. The van der Waals surface area contributed by atoms with E-state index in [1.807, 2.05) is 39.0 Å². The lowest BCUT2D eigenvalue weighted by Crippen LogP contribution is -2.50. The Labute approximate surface area is 195 Å². The van der Waals surface area contributed by atoms with E-state index in [1.54, 1.807) is 11.0 Å². The molecule has 0 aliphatic carbocycles. The Morgan fingerprint density at radius 1 is 1.31 bits per heavy atom. The lowest BCUT2D eigenvalue weighted by atomic mass is 10.1. The van der Waals surface area contributed by atoms with Crippen LogP contribution in [0, 0.1) is 0 Å². The Hall–Kier alpha value is -1.42. The molecule has 1 aliphatic rings. The summed E-state index contributed by atoms with van der Waals surface area (Å²) in [6.07, 6.45) is 1.37. The summed E-state index contributed by atoms with van der Waals surface area (Å²) in [5.74, 6) is 1.42. The molecule has 1 aromatic carbocycles. The summed E-state index contributed by atoms with van der Waals surface area (Å²) >= 11 is 6.14. The molecule has 1 fully saturated rings. The van der Waals surface area contributed by atoms with Crippen molar-refractivity contribution < 1.29 is 14.3 Å². The van der Waals surface area contributed by atoms with Gasteiger partial charge < -0.3 is 25.0 Å². The molecule has 1 unspecified atom stereocenters. The van der Waals surface area contributed by atoms with Crippen molar-refractivity contribution >= 4 is 47.6 Å². The van der Waals surface area contributed by atoms with Gasteiger partial charge in [-0.2, -0.15) is 0 Å². The monoisotopic (exact) mass is 538 g/mol. The quantitative estimate of drug-likeness (QED) is 0.313. The van der Waals surface area contributed by atoms with E-state index >= 15 is 0 Å². The molecular weight excluding hydrogens is 507 g/mol. The van der Waals surface area contributed by atoms with Gasteiger partial charge >= 0.3 is 6.09 Å². The molecule has 1 atom stereocenters. The standard InChI is InChI=1S/C20H31ClN4O3.HI/c1-4-22-19(23-14-15(3)28-18-9-7-6-8-17(18)21)24-16-10-12-25(13-11-16)20(26)27-5-2;/h6-9,15-16H,4-5,10-14H2,1-3H3,(H2,22,23,24);1H. The van der Waals surface area contributed by atoms with Gasteiger partial charge in [0.05, 0.1) is 18.2 Å². The molecule has 164 valence electrons. The van der Waals surface area contributed by atoms with Crippen molar-refractivity contribution in [3.8, 4) is 5.75 Å². The van der Waals surface area contributed by atoms with Crippen molar-refractivity contribution in [3.63, 3.8) is 0 Å². The molecule has 1 aromatic rings. The number of hydrogen-bond acceptors (Lipinski definition) is 4. The van der Waals surface area contributed by atoms with Crippen molar-refractivity contribution in [2.75, 3.05) is 32.8 Å². The topological polar surface area (TPSA) is 75.2 Å². The smallest absolute Gasteiger partial charge is 0.409 e. The minimum absolute atomic E-state index is 0. The van der Waals surface area contributed by atoms with Gasteiger partial charge in [-0.3, -0.25) is 0 Å². The second-order valence-electron chi connectivity index (χ2n) is 6.68. The fourth-order valence-corrected chi connectivity index (χ4v) is 3.13. The number of carbonyl (C=O) groups is 1. The zero-order valence-corrected chi connectivity index (χ0v) is 20.4. The third-order valence-corrected chi connectivity index (χ3v) is 4.69. The minimum Gasteiger partial charge on any atom is -0.487 e. The first-order chi connectivity index (χ1) is 13.5. The number of nitrogens with zero attached hydrogens (tertiary/aromatic N) is 2. The highest BCUT2D eigenvalue weighted by atomic mass is 127. The summed E-state index contributed by atoms with van der Waals surface area (Å²) < 4.78 is 10.9. The third-order valence-electron chi connectivity index (χ3n) is 4.38. The number of guanidine groups is 1. The van der Waals surface area contributed by atoms with Crippen LogP contribution in [0.25, 0.3) is 0 Å². The van der Waals surface area contributed by atoms with Crippen LogP contribution < -0.4 is 15.4 Å². The van der Waals surface area contributed by atoms with E-state index in [0.717, 1.165) is 25.3 Å². The number of likely N-dealkylation sites (tertiary alicyclic amines) is 1. The first kappa shape index (κ1) is 25.6. The van der Waals surface area contributed by atoms with Gasteiger partial charge in [-0.05, 0) is 45.7 Å². The minimum atomic E-state index is -0.230. The highest BCUT2D eigenvalue weighted by Crippen LogP contribution is 2.24. The Kier molecular flexibility index (Phi) is 12.1. The zero-order chi connectivity index (χ0) is 20.4. The van der Waals surface area contributed by atoms with Crippen LogP contribution in [-0.2, 0) is 4.74 Å². The first-order valence-electron chi connectivity index (χ1n) is 9.91. The summed E-state index contributed by atoms with van der Waals surface area (Å²) in [4.78, 5) is 18.2. The van der Waals surface area contributed by atoms with E-state index in [9.17, 15) is 4.79 Å². The van der Waals surface area contributed by atoms with Crippen molar-refractivity contribution in [2.24, 2.45) is 4.99 Å².